The van der Waals surface area contributed by atoms with Gasteiger partial charge in [0.2, 0.25) is 0 Å². The lowest BCUT2D eigenvalue weighted by molar-refractivity contribution is -0.125. The fourth-order valence-corrected chi connectivity index (χ4v) is 4.87. The van der Waals surface area contributed by atoms with Crippen LogP contribution in [0.5, 0.6) is 5.75 Å². The van der Waals surface area contributed by atoms with Crippen LogP contribution in [-0.4, -0.2) is 24.5 Å². The van der Waals surface area contributed by atoms with Gasteiger partial charge < -0.3 is 14.8 Å². The Morgan fingerprint density at radius 3 is 2.93 bits per heavy atom. The molecule has 1 fully saturated rings. The van der Waals surface area contributed by atoms with E-state index in [1.165, 1.54) is 17.8 Å². The molecule has 2 unspecified atom stereocenters. The Bertz CT molecular complexity index is 860. The fourth-order valence-electron chi connectivity index (χ4n) is 3.78. The quantitative estimate of drug-likeness (QED) is 0.803. The number of nitrogens with one attached hydrogen (secondary N) is 1. The van der Waals surface area contributed by atoms with Crippen LogP contribution in [0.1, 0.15) is 47.8 Å². The molecule has 6 heteroatoms. The third kappa shape index (κ3) is 3.86. The highest BCUT2D eigenvalue weighted by atomic mass is 32.1. The number of thiophene rings is 1. The number of esters is 1. The maximum Gasteiger partial charge on any atom is 0.348 e. The monoisotopic (exact) mass is 385 g/mol. The molecule has 27 heavy (non-hydrogen) atoms. The molecule has 0 bridgehead atoms. The molecule has 0 spiro atoms. The smallest absolute Gasteiger partial charge is 0.348 e. The van der Waals surface area contributed by atoms with Crippen LogP contribution >= 0.6 is 11.3 Å². The molecule has 4 rings (SSSR count). The van der Waals surface area contributed by atoms with E-state index in [1.807, 2.05) is 24.3 Å². The Balaban J connectivity index is 1.37. The Morgan fingerprint density at radius 1 is 1.26 bits per heavy atom. The van der Waals surface area contributed by atoms with Crippen molar-refractivity contribution in [2.75, 3.05) is 6.61 Å². The maximum atomic E-state index is 12.4. The number of para-hydroxylation sites is 1. The molecule has 1 N–H and O–H groups in total. The van der Waals surface area contributed by atoms with Gasteiger partial charge in [-0.15, -0.1) is 11.3 Å². The van der Waals surface area contributed by atoms with Crippen LogP contribution in [0.4, 0.5) is 0 Å². The normalized spacial score (nSPS) is 20.8. The minimum atomic E-state index is -0.460. The molecule has 0 radical (unpaired) electrons. The summed E-state index contributed by atoms with van der Waals surface area (Å²) >= 11 is 1.39. The lowest BCUT2D eigenvalue weighted by Gasteiger charge is -2.29. The summed E-state index contributed by atoms with van der Waals surface area (Å²) in [6.45, 7) is 2.36. The third-order valence-corrected chi connectivity index (χ3v) is 6.51. The van der Waals surface area contributed by atoms with Crippen LogP contribution in [0.2, 0.25) is 0 Å². The van der Waals surface area contributed by atoms with E-state index in [4.69, 9.17) is 9.47 Å². The van der Waals surface area contributed by atoms with Gasteiger partial charge in [0.1, 0.15) is 17.2 Å². The molecule has 1 aliphatic heterocycles. The molecule has 1 amide bonds. The van der Waals surface area contributed by atoms with E-state index in [0.29, 0.717) is 17.4 Å². The summed E-state index contributed by atoms with van der Waals surface area (Å²) in [4.78, 5) is 26.1. The van der Waals surface area contributed by atoms with Crippen LogP contribution in [0.25, 0.3) is 10.4 Å². The molecule has 2 aromatic rings. The summed E-state index contributed by atoms with van der Waals surface area (Å²) in [6, 6.07) is 9.78. The Hall–Kier alpha value is -2.34. The van der Waals surface area contributed by atoms with Gasteiger partial charge in [0.15, 0.2) is 6.61 Å². The van der Waals surface area contributed by atoms with Crippen LogP contribution in [0.3, 0.4) is 0 Å². The number of carbonyl (C=O) groups is 2. The molecule has 1 saturated carbocycles. The summed E-state index contributed by atoms with van der Waals surface area (Å²) in [7, 11) is 0. The molecule has 142 valence electrons. The van der Waals surface area contributed by atoms with E-state index >= 15 is 0 Å². The van der Waals surface area contributed by atoms with E-state index in [9.17, 15) is 9.59 Å². The lowest BCUT2D eigenvalue weighted by Crippen LogP contribution is -2.42. The molecule has 2 atom stereocenters. The van der Waals surface area contributed by atoms with E-state index in [0.717, 1.165) is 41.0 Å². The van der Waals surface area contributed by atoms with Gasteiger partial charge >= 0.3 is 5.97 Å². The Morgan fingerprint density at radius 2 is 2.07 bits per heavy atom. The van der Waals surface area contributed by atoms with Crippen molar-refractivity contribution in [2.45, 2.75) is 45.3 Å². The van der Waals surface area contributed by atoms with Crippen molar-refractivity contribution in [1.82, 2.24) is 5.32 Å². The van der Waals surface area contributed by atoms with Gasteiger partial charge in [-0.1, -0.05) is 31.9 Å². The van der Waals surface area contributed by atoms with Gasteiger partial charge in [-0.25, -0.2) is 4.79 Å². The molecule has 5 nitrogen and oxygen atoms in total. The summed E-state index contributed by atoms with van der Waals surface area (Å²) < 4.78 is 11.0. The second-order valence-corrected chi connectivity index (χ2v) is 8.31. The van der Waals surface area contributed by atoms with E-state index < -0.39 is 5.97 Å². The van der Waals surface area contributed by atoms with E-state index in [1.54, 1.807) is 6.07 Å². The molecule has 1 aliphatic carbocycles. The topological polar surface area (TPSA) is 64.6 Å². The number of benzene rings is 1. The highest BCUT2D eigenvalue weighted by molar-refractivity contribution is 7.17. The third-order valence-electron chi connectivity index (χ3n) is 5.32. The average molecular weight is 385 g/mol. The van der Waals surface area contributed by atoms with Gasteiger partial charge in [-0.3, -0.25) is 4.79 Å². The first kappa shape index (κ1) is 18.0. The minimum absolute atomic E-state index is 0.188. The summed E-state index contributed by atoms with van der Waals surface area (Å²) in [5, 5.41) is 3.00. The zero-order valence-electron chi connectivity index (χ0n) is 15.3. The van der Waals surface area contributed by atoms with Crippen molar-refractivity contribution >= 4 is 23.2 Å². The van der Waals surface area contributed by atoms with Gasteiger partial charge in [0.05, 0.1) is 0 Å². The second-order valence-electron chi connectivity index (χ2n) is 7.26. The first-order valence-electron chi connectivity index (χ1n) is 9.43. The summed E-state index contributed by atoms with van der Waals surface area (Å²) in [6.07, 6.45) is 4.49. The molecule has 1 aromatic heterocycles. The minimum Gasteiger partial charge on any atom is -0.488 e. The Kier molecular flexibility index (Phi) is 5.16. The summed E-state index contributed by atoms with van der Waals surface area (Å²) in [5.41, 5.74) is 1.97. The van der Waals surface area contributed by atoms with Crippen molar-refractivity contribution in [3.05, 3.63) is 40.8 Å². The number of carbonyl (C=O) groups excluding carboxylic acids is 2. The highest BCUT2D eigenvalue weighted by Crippen LogP contribution is 2.42. The van der Waals surface area contributed by atoms with Crippen LogP contribution < -0.4 is 10.1 Å². The zero-order chi connectivity index (χ0) is 18.8. The fraction of sp³-hybridized carbons (Fsp3) is 0.429. The SMILES string of the molecule is CC1CCCCC1NC(=O)COC(=O)c1cc2c(s1)-c1ccccc1OC2. The van der Waals surface area contributed by atoms with Gasteiger partial charge in [-0.2, -0.15) is 0 Å². The zero-order valence-corrected chi connectivity index (χ0v) is 16.1. The number of rotatable bonds is 4. The first-order chi connectivity index (χ1) is 13.1. The lowest BCUT2D eigenvalue weighted by atomic mass is 9.86. The van der Waals surface area contributed by atoms with Gasteiger partial charge in [0, 0.05) is 22.0 Å². The second kappa shape index (κ2) is 7.72. The molecule has 1 aromatic carbocycles. The van der Waals surface area contributed by atoms with Crippen molar-refractivity contribution in [2.24, 2.45) is 5.92 Å². The number of ether oxygens (including phenoxy) is 2. The van der Waals surface area contributed by atoms with Crippen molar-refractivity contribution in [1.29, 1.82) is 0 Å². The van der Waals surface area contributed by atoms with Crippen LogP contribution in [0, 0.1) is 5.92 Å². The number of hydrogen-bond donors (Lipinski definition) is 1. The van der Waals surface area contributed by atoms with Gasteiger partial charge in [-0.05, 0) is 37.0 Å². The predicted octanol–water partition coefficient (Wildman–Crippen LogP) is 4.16. The molecule has 0 saturated heterocycles. The first-order valence-corrected chi connectivity index (χ1v) is 10.2. The number of amides is 1. The number of fused-ring (bicyclic) bond motifs is 3. The molecule has 2 heterocycles. The molecule has 2 aliphatic rings. The molecular weight excluding hydrogens is 362 g/mol. The van der Waals surface area contributed by atoms with Gasteiger partial charge in [0.25, 0.3) is 5.91 Å². The number of hydrogen-bond acceptors (Lipinski definition) is 5. The molecular formula is C21H23NO4S. The summed E-state index contributed by atoms with van der Waals surface area (Å²) in [5.74, 6) is 0.617. The Labute approximate surface area is 162 Å². The van der Waals surface area contributed by atoms with Crippen molar-refractivity contribution < 1.29 is 19.1 Å². The van der Waals surface area contributed by atoms with Crippen LogP contribution in [-0.2, 0) is 16.1 Å². The largest absolute Gasteiger partial charge is 0.488 e. The van der Waals surface area contributed by atoms with Crippen molar-refractivity contribution in [3.8, 4) is 16.2 Å². The van der Waals surface area contributed by atoms with Crippen LogP contribution in [0.15, 0.2) is 30.3 Å². The standard InChI is InChI=1S/C21H23NO4S/c1-13-6-2-4-8-16(13)22-19(23)12-26-21(24)18-10-14-11-25-17-9-5-3-7-15(17)20(14)27-18/h3,5,7,9-10,13,16H,2,4,6,8,11-12H2,1H3,(H,22,23). The van der Waals surface area contributed by atoms with Crippen molar-refractivity contribution in [3.63, 3.8) is 0 Å². The van der Waals surface area contributed by atoms with E-state index in [-0.39, 0.29) is 18.6 Å². The predicted molar refractivity (Wildman–Crippen MR) is 104 cm³/mol. The van der Waals surface area contributed by atoms with E-state index in [2.05, 4.69) is 12.2 Å². The maximum absolute atomic E-state index is 12.4. The highest BCUT2D eigenvalue weighted by Gasteiger charge is 2.25. The average Bonchev–Trinajstić information content (AvgIpc) is 3.13.